The predicted molar refractivity (Wildman–Crippen MR) is 91.3 cm³/mol. The molecule has 0 aliphatic carbocycles. The number of anilines is 1. The Morgan fingerprint density at radius 1 is 1.08 bits per heavy atom. The summed E-state index contributed by atoms with van der Waals surface area (Å²) in [5.74, 6) is 0.911. The number of rotatable bonds is 3. The van der Waals surface area contributed by atoms with Crippen molar-refractivity contribution in [2.45, 2.75) is 25.0 Å². The molecule has 0 spiro atoms. The van der Waals surface area contributed by atoms with Crippen LogP contribution in [0.5, 0.6) is 5.75 Å². The molecule has 2 aromatic rings. The van der Waals surface area contributed by atoms with E-state index in [4.69, 9.17) is 9.47 Å². The van der Waals surface area contributed by atoms with Gasteiger partial charge < -0.3 is 20.1 Å². The van der Waals surface area contributed by atoms with Crippen molar-refractivity contribution < 1.29 is 14.3 Å². The standard InChI is InChI=1S/C19H20N2O3/c22-19(20-15-6-7-17-14(12-15)8-10-23-17)21-16-9-11-24-18(16)13-4-2-1-3-5-13/h1-7,12,16,18H,8-11H2,(H2,20,21,22)/t16-,18+/m0/s1. The summed E-state index contributed by atoms with van der Waals surface area (Å²) in [5, 5.41) is 5.95. The van der Waals surface area contributed by atoms with Crippen LogP contribution in [0.1, 0.15) is 23.7 Å². The number of hydrogen-bond acceptors (Lipinski definition) is 3. The van der Waals surface area contributed by atoms with Crippen LogP contribution in [0.25, 0.3) is 0 Å². The number of benzene rings is 2. The summed E-state index contributed by atoms with van der Waals surface area (Å²) in [7, 11) is 0. The molecule has 0 saturated carbocycles. The van der Waals surface area contributed by atoms with Crippen molar-refractivity contribution in [2.75, 3.05) is 18.5 Å². The minimum Gasteiger partial charge on any atom is -0.493 e. The lowest BCUT2D eigenvalue weighted by Gasteiger charge is -2.20. The summed E-state index contributed by atoms with van der Waals surface area (Å²) in [4.78, 5) is 12.3. The number of amides is 2. The Hall–Kier alpha value is -2.53. The lowest BCUT2D eigenvalue weighted by Crippen LogP contribution is -2.39. The number of ether oxygens (including phenoxy) is 2. The van der Waals surface area contributed by atoms with Crippen molar-refractivity contribution in [3.8, 4) is 5.75 Å². The first-order chi connectivity index (χ1) is 11.8. The maximum Gasteiger partial charge on any atom is 0.319 e. The van der Waals surface area contributed by atoms with Crippen LogP contribution >= 0.6 is 0 Å². The lowest BCUT2D eigenvalue weighted by molar-refractivity contribution is 0.100. The van der Waals surface area contributed by atoms with Crippen LogP contribution in [0.2, 0.25) is 0 Å². The highest BCUT2D eigenvalue weighted by Gasteiger charge is 2.30. The molecule has 5 heteroatoms. The molecule has 2 aromatic carbocycles. The van der Waals surface area contributed by atoms with Gasteiger partial charge >= 0.3 is 6.03 Å². The highest BCUT2D eigenvalue weighted by molar-refractivity contribution is 5.89. The van der Waals surface area contributed by atoms with Crippen molar-refractivity contribution >= 4 is 11.7 Å². The Labute approximate surface area is 141 Å². The lowest BCUT2D eigenvalue weighted by atomic mass is 10.0. The Balaban J connectivity index is 1.40. The maximum atomic E-state index is 12.3. The van der Waals surface area contributed by atoms with Crippen LogP contribution in [-0.4, -0.2) is 25.3 Å². The Morgan fingerprint density at radius 3 is 2.83 bits per heavy atom. The SMILES string of the molecule is O=C(Nc1ccc2c(c1)CCO2)N[C@H]1CCO[C@@H]1c1ccccc1. The van der Waals surface area contributed by atoms with E-state index in [1.807, 2.05) is 48.5 Å². The average molecular weight is 324 g/mol. The number of nitrogens with one attached hydrogen (secondary N) is 2. The largest absolute Gasteiger partial charge is 0.493 e. The normalized spacial score (nSPS) is 21.8. The Kier molecular flexibility index (Phi) is 4.09. The highest BCUT2D eigenvalue weighted by Crippen LogP contribution is 2.30. The molecule has 24 heavy (non-hydrogen) atoms. The van der Waals surface area contributed by atoms with Crippen molar-refractivity contribution in [3.05, 3.63) is 59.7 Å². The third-order valence-electron chi connectivity index (χ3n) is 4.48. The second kappa shape index (κ2) is 6.53. The van der Waals surface area contributed by atoms with E-state index in [0.717, 1.165) is 35.4 Å². The van der Waals surface area contributed by atoms with Gasteiger partial charge in [0.05, 0.1) is 12.6 Å². The fourth-order valence-electron chi connectivity index (χ4n) is 3.31. The molecule has 0 unspecified atom stereocenters. The molecule has 2 N–H and O–H groups in total. The molecule has 124 valence electrons. The second-order valence-electron chi connectivity index (χ2n) is 6.12. The number of fused-ring (bicyclic) bond motifs is 1. The number of carbonyl (C=O) groups excluding carboxylic acids is 1. The van der Waals surface area contributed by atoms with E-state index in [1.54, 1.807) is 0 Å². The van der Waals surface area contributed by atoms with Crippen LogP contribution in [0.15, 0.2) is 48.5 Å². The van der Waals surface area contributed by atoms with Crippen molar-refractivity contribution in [3.63, 3.8) is 0 Å². The molecule has 2 atom stereocenters. The van der Waals surface area contributed by atoms with Gasteiger partial charge in [0.1, 0.15) is 11.9 Å². The van der Waals surface area contributed by atoms with E-state index in [-0.39, 0.29) is 18.2 Å². The monoisotopic (exact) mass is 324 g/mol. The van der Waals surface area contributed by atoms with Gasteiger partial charge in [-0.1, -0.05) is 30.3 Å². The van der Waals surface area contributed by atoms with Crippen molar-refractivity contribution in [2.24, 2.45) is 0 Å². The van der Waals surface area contributed by atoms with Gasteiger partial charge in [-0.05, 0) is 35.7 Å². The molecule has 2 aliphatic heterocycles. The van der Waals surface area contributed by atoms with Crippen LogP contribution < -0.4 is 15.4 Å². The molecule has 0 bridgehead atoms. The van der Waals surface area contributed by atoms with E-state index in [1.165, 1.54) is 0 Å². The topological polar surface area (TPSA) is 59.6 Å². The molecule has 4 rings (SSSR count). The van der Waals surface area contributed by atoms with Gasteiger partial charge in [-0.3, -0.25) is 0 Å². The van der Waals surface area contributed by atoms with Crippen molar-refractivity contribution in [1.82, 2.24) is 5.32 Å². The first-order valence-corrected chi connectivity index (χ1v) is 8.29. The molecular weight excluding hydrogens is 304 g/mol. The van der Waals surface area contributed by atoms with Gasteiger partial charge in [0, 0.05) is 18.7 Å². The molecule has 1 saturated heterocycles. The van der Waals surface area contributed by atoms with Crippen LogP contribution in [-0.2, 0) is 11.2 Å². The third-order valence-corrected chi connectivity index (χ3v) is 4.48. The summed E-state index contributed by atoms with van der Waals surface area (Å²) < 4.78 is 11.3. The van der Waals surface area contributed by atoms with Gasteiger partial charge in [0.15, 0.2) is 0 Å². The molecular formula is C19H20N2O3. The van der Waals surface area contributed by atoms with E-state index < -0.39 is 0 Å². The van der Waals surface area contributed by atoms with Gasteiger partial charge in [-0.25, -0.2) is 4.79 Å². The van der Waals surface area contributed by atoms with Crippen LogP contribution in [0, 0.1) is 0 Å². The number of hydrogen-bond donors (Lipinski definition) is 2. The van der Waals surface area contributed by atoms with E-state index >= 15 is 0 Å². The minimum atomic E-state index is -0.203. The summed E-state index contributed by atoms with van der Waals surface area (Å²) in [6, 6.07) is 15.5. The Bertz CT molecular complexity index is 733. The van der Waals surface area contributed by atoms with E-state index in [2.05, 4.69) is 10.6 Å². The zero-order chi connectivity index (χ0) is 16.4. The molecule has 2 heterocycles. The smallest absolute Gasteiger partial charge is 0.319 e. The summed E-state index contributed by atoms with van der Waals surface area (Å²) in [6.07, 6.45) is 1.61. The molecule has 0 radical (unpaired) electrons. The third kappa shape index (κ3) is 3.08. The van der Waals surface area contributed by atoms with Gasteiger partial charge in [0.25, 0.3) is 0 Å². The maximum absolute atomic E-state index is 12.3. The fourth-order valence-corrected chi connectivity index (χ4v) is 3.31. The first-order valence-electron chi connectivity index (χ1n) is 8.29. The highest BCUT2D eigenvalue weighted by atomic mass is 16.5. The van der Waals surface area contributed by atoms with Gasteiger partial charge in [-0.15, -0.1) is 0 Å². The van der Waals surface area contributed by atoms with Gasteiger partial charge in [0.2, 0.25) is 0 Å². The van der Waals surface area contributed by atoms with Crippen LogP contribution in [0.3, 0.4) is 0 Å². The molecule has 2 amide bonds. The number of carbonyl (C=O) groups is 1. The Morgan fingerprint density at radius 2 is 1.96 bits per heavy atom. The molecule has 2 aliphatic rings. The molecule has 5 nitrogen and oxygen atoms in total. The minimum absolute atomic E-state index is 0.0230. The van der Waals surface area contributed by atoms with Gasteiger partial charge in [-0.2, -0.15) is 0 Å². The predicted octanol–water partition coefficient (Wildman–Crippen LogP) is 3.27. The fraction of sp³-hybridized carbons (Fsp3) is 0.316. The first kappa shape index (κ1) is 15.0. The second-order valence-corrected chi connectivity index (χ2v) is 6.12. The van der Waals surface area contributed by atoms with Crippen LogP contribution in [0.4, 0.5) is 10.5 Å². The summed E-state index contributed by atoms with van der Waals surface area (Å²) >= 11 is 0. The quantitative estimate of drug-likeness (QED) is 0.911. The average Bonchev–Trinajstić information content (AvgIpc) is 3.24. The molecule has 0 aromatic heterocycles. The zero-order valence-corrected chi connectivity index (χ0v) is 13.3. The summed E-state index contributed by atoms with van der Waals surface area (Å²) in [5.41, 5.74) is 3.01. The zero-order valence-electron chi connectivity index (χ0n) is 13.3. The van der Waals surface area contributed by atoms with E-state index in [0.29, 0.717) is 13.2 Å². The molecule has 1 fully saturated rings. The number of urea groups is 1. The summed E-state index contributed by atoms with van der Waals surface area (Å²) in [6.45, 7) is 1.36. The van der Waals surface area contributed by atoms with E-state index in [9.17, 15) is 4.79 Å². The van der Waals surface area contributed by atoms with Crippen molar-refractivity contribution in [1.29, 1.82) is 0 Å².